The summed E-state index contributed by atoms with van der Waals surface area (Å²) in [5.74, 6) is -0.465. The number of non-ortho nitro benzene ring substituents is 1. The molecular weight excluding hydrogens is 314 g/mol. The van der Waals surface area contributed by atoms with Gasteiger partial charge >= 0.3 is 0 Å². The van der Waals surface area contributed by atoms with Gasteiger partial charge in [-0.25, -0.2) is 0 Å². The molecule has 1 atom stereocenters. The van der Waals surface area contributed by atoms with Gasteiger partial charge in [-0.15, -0.1) is 11.3 Å². The van der Waals surface area contributed by atoms with Gasteiger partial charge in [0, 0.05) is 22.7 Å². The van der Waals surface area contributed by atoms with Gasteiger partial charge in [0.2, 0.25) is 0 Å². The zero-order valence-electron chi connectivity index (χ0n) is 11.0. The van der Waals surface area contributed by atoms with Crippen LogP contribution in [-0.2, 0) is 0 Å². The molecule has 0 aliphatic heterocycles. The second kappa shape index (κ2) is 6.11. The molecule has 0 spiro atoms. The Morgan fingerprint density at radius 1 is 1.43 bits per heavy atom. The average Bonchev–Trinajstić information content (AvgIpc) is 2.85. The molecule has 2 aromatic rings. The molecule has 1 heterocycles. The van der Waals surface area contributed by atoms with E-state index in [2.05, 4.69) is 5.32 Å². The van der Waals surface area contributed by atoms with Crippen LogP contribution in [0.2, 0.25) is 4.34 Å². The van der Waals surface area contributed by atoms with Gasteiger partial charge in [0.05, 0.1) is 20.9 Å². The molecule has 0 saturated carbocycles. The summed E-state index contributed by atoms with van der Waals surface area (Å²) in [5.41, 5.74) is 5.80. The fourth-order valence-corrected chi connectivity index (χ4v) is 2.82. The number of nitrogen functional groups attached to an aromatic ring is 1. The fraction of sp³-hybridized carbons (Fsp3) is 0.154. The van der Waals surface area contributed by atoms with E-state index in [0.717, 1.165) is 4.88 Å². The van der Waals surface area contributed by atoms with Crippen LogP contribution in [0.25, 0.3) is 0 Å². The van der Waals surface area contributed by atoms with Crippen molar-refractivity contribution < 1.29 is 9.72 Å². The van der Waals surface area contributed by atoms with Crippen LogP contribution in [0.15, 0.2) is 30.3 Å². The van der Waals surface area contributed by atoms with E-state index < -0.39 is 10.8 Å². The van der Waals surface area contributed by atoms with Crippen molar-refractivity contribution in [3.63, 3.8) is 0 Å². The Balaban J connectivity index is 2.20. The molecule has 2 rings (SSSR count). The number of hydrogen-bond donors (Lipinski definition) is 2. The fourth-order valence-electron chi connectivity index (χ4n) is 1.76. The number of benzene rings is 1. The van der Waals surface area contributed by atoms with Crippen molar-refractivity contribution >= 4 is 40.2 Å². The number of anilines is 1. The van der Waals surface area contributed by atoms with Gasteiger partial charge in [-0.2, -0.15) is 0 Å². The summed E-state index contributed by atoms with van der Waals surface area (Å²) in [6, 6.07) is 7.06. The summed E-state index contributed by atoms with van der Waals surface area (Å²) in [7, 11) is 0. The van der Waals surface area contributed by atoms with Crippen molar-refractivity contribution in [2.24, 2.45) is 0 Å². The highest BCUT2D eigenvalue weighted by Crippen LogP contribution is 2.27. The molecule has 0 radical (unpaired) electrons. The van der Waals surface area contributed by atoms with Crippen LogP contribution in [0.5, 0.6) is 0 Å². The average molecular weight is 326 g/mol. The number of nitro groups is 1. The summed E-state index contributed by atoms with van der Waals surface area (Å²) in [6.07, 6.45) is 0. The first kappa shape index (κ1) is 15.3. The van der Waals surface area contributed by atoms with E-state index in [1.165, 1.54) is 29.5 Å². The smallest absolute Gasteiger partial charge is 0.270 e. The maximum absolute atomic E-state index is 12.2. The lowest BCUT2D eigenvalue weighted by atomic mass is 10.1. The molecule has 6 nitrogen and oxygen atoms in total. The van der Waals surface area contributed by atoms with Crippen molar-refractivity contribution in [2.45, 2.75) is 13.0 Å². The monoisotopic (exact) mass is 325 g/mol. The number of nitrogens with one attached hydrogen (secondary N) is 1. The van der Waals surface area contributed by atoms with Gasteiger partial charge in [0.25, 0.3) is 11.6 Å². The second-order valence-corrected chi connectivity index (χ2v) is 6.11. The molecule has 0 aliphatic carbocycles. The summed E-state index contributed by atoms with van der Waals surface area (Å²) >= 11 is 7.21. The maximum Gasteiger partial charge on any atom is 0.270 e. The topological polar surface area (TPSA) is 98.3 Å². The highest BCUT2D eigenvalue weighted by molar-refractivity contribution is 7.16. The molecule has 1 unspecified atom stereocenters. The van der Waals surface area contributed by atoms with Gasteiger partial charge in [-0.3, -0.25) is 14.9 Å². The van der Waals surface area contributed by atoms with Gasteiger partial charge in [-0.1, -0.05) is 11.6 Å². The zero-order chi connectivity index (χ0) is 15.6. The maximum atomic E-state index is 12.2. The minimum absolute atomic E-state index is 0.0821. The van der Waals surface area contributed by atoms with Crippen molar-refractivity contribution in [3.8, 4) is 0 Å². The standard InChI is InChI=1S/C13H12ClN3O3S/c1-7(11-4-5-12(14)21-11)16-13(18)9-6-8(17(19)20)2-3-10(9)15/h2-7H,15H2,1H3,(H,16,18). The number of nitrogens with two attached hydrogens (primary N) is 1. The number of carbonyl (C=O) groups is 1. The molecule has 1 aromatic heterocycles. The Kier molecular flexibility index (Phi) is 4.44. The lowest BCUT2D eigenvalue weighted by molar-refractivity contribution is -0.384. The van der Waals surface area contributed by atoms with Gasteiger partial charge in [0.1, 0.15) is 0 Å². The van der Waals surface area contributed by atoms with Crippen LogP contribution in [0.4, 0.5) is 11.4 Å². The van der Waals surface area contributed by atoms with Crippen LogP contribution < -0.4 is 11.1 Å². The zero-order valence-corrected chi connectivity index (χ0v) is 12.6. The SMILES string of the molecule is CC(NC(=O)c1cc([N+](=O)[O-])ccc1N)c1ccc(Cl)s1. The number of amides is 1. The normalized spacial score (nSPS) is 11.9. The van der Waals surface area contributed by atoms with Gasteiger partial charge in [-0.05, 0) is 25.1 Å². The quantitative estimate of drug-likeness (QED) is 0.511. The van der Waals surface area contributed by atoms with Crippen LogP contribution in [-0.4, -0.2) is 10.8 Å². The lowest BCUT2D eigenvalue weighted by Crippen LogP contribution is -2.27. The van der Waals surface area contributed by atoms with Crippen molar-refractivity contribution in [1.82, 2.24) is 5.32 Å². The van der Waals surface area contributed by atoms with Gasteiger partial charge in [0.15, 0.2) is 0 Å². The second-order valence-electron chi connectivity index (χ2n) is 4.37. The Morgan fingerprint density at radius 2 is 2.14 bits per heavy atom. The molecule has 8 heteroatoms. The molecule has 1 amide bonds. The predicted octanol–water partition coefficient (Wildman–Crippen LogP) is 3.38. The third-order valence-electron chi connectivity index (χ3n) is 2.86. The van der Waals surface area contributed by atoms with E-state index >= 15 is 0 Å². The molecule has 1 aromatic carbocycles. The highest BCUT2D eigenvalue weighted by Gasteiger charge is 2.18. The van der Waals surface area contributed by atoms with Crippen LogP contribution in [0, 0.1) is 10.1 Å². The summed E-state index contributed by atoms with van der Waals surface area (Å²) in [4.78, 5) is 23.3. The van der Waals surface area contributed by atoms with Crippen LogP contribution >= 0.6 is 22.9 Å². The number of rotatable bonds is 4. The molecule has 110 valence electrons. The first-order valence-corrected chi connectivity index (χ1v) is 7.18. The van der Waals surface area contributed by atoms with Crippen molar-refractivity contribution in [1.29, 1.82) is 0 Å². The first-order valence-electron chi connectivity index (χ1n) is 5.98. The molecule has 21 heavy (non-hydrogen) atoms. The molecule has 0 saturated heterocycles. The number of halogens is 1. The molecule has 3 N–H and O–H groups in total. The van der Waals surface area contributed by atoms with E-state index in [4.69, 9.17) is 17.3 Å². The third-order valence-corrected chi connectivity index (χ3v) is 4.27. The molecule has 0 bridgehead atoms. The Bertz CT molecular complexity index is 702. The number of carbonyl (C=O) groups excluding carboxylic acids is 1. The van der Waals surface area contributed by atoms with E-state index in [-0.39, 0.29) is 23.0 Å². The summed E-state index contributed by atoms with van der Waals surface area (Å²) in [5, 5.41) is 13.5. The summed E-state index contributed by atoms with van der Waals surface area (Å²) < 4.78 is 0.626. The largest absolute Gasteiger partial charge is 0.398 e. The molecule has 0 fully saturated rings. The third kappa shape index (κ3) is 3.50. The van der Waals surface area contributed by atoms with E-state index in [1.807, 2.05) is 6.07 Å². The minimum Gasteiger partial charge on any atom is -0.398 e. The number of nitrogens with zero attached hydrogens (tertiary/aromatic N) is 1. The molecular formula is C13H12ClN3O3S. The Morgan fingerprint density at radius 3 is 2.71 bits per heavy atom. The summed E-state index contributed by atoms with van der Waals surface area (Å²) in [6.45, 7) is 1.80. The van der Waals surface area contributed by atoms with E-state index in [9.17, 15) is 14.9 Å². The minimum atomic E-state index is -0.571. The number of thiophene rings is 1. The Hall–Kier alpha value is -2.12. The van der Waals surface area contributed by atoms with Crippen LogP contribution in [0.3, 0.4) is 0 Å². The number of nitro benzene ring substituents is 1. The van der Waals surface area contributed by atoms with Crippen LogP contribution in [0.1, 0.15) is 28.2 Å². The van der Waals surface area contributed by atoms with Crippen molar-refractivity contribution in [3.05, 3.63) is 55.2 Å². The first-order chi connectivity index (χ1) is 9.88. The highest BCUT2D eigenvalue weighted by atomic mass is 35.5. The predicted molar refractivity (Wildman–Crippen MR) is 82.7 cm³/mol. The Labute approximate surface area is 129 Å². The number of hydrogen-bond acceptors (Lipinski definition) is 5. The van der Waals surface area contributed by atoms with E-state index in [0.29, 0.717) is 4.34 Å². The van der Waals surface area contributed by atoms with Crippen molar-refractivity contribution in [2.75, 3.05) is 5.73 Å². The van der Waals surface area contributed by atoms with Gasteiger partial charge < -0.3 is 11.1 Å². The molecule has 0 aliphatic rings. The lowest BCUT2D eigenvalue weighted by Gasteiger charge is -2.13. The van der Waals surface area contributed by atoms with E-state index in [1.54, 1.807) is 13.0 Å².